The number of carbonyl (C=O) groups is 1. The number of H-pyrrole nitrogens is 1. The molecule has 0 spiro atoms. The van der Waals surface area contributed by atoms with E-state index in [0.717, 1.165) is 0 Å². The Morgan fingerprint density at radius 2 is 2.12 bits per heavy atom. The average Bonchev–Trinajstić information content (AvgIpc) is 2.87. The maximum Gasteiger partial charge on any atom is 0.290 e. The van der Waals surface area contributed by atoms with Crippen LogP contribution in [0, 0.1) is 0 Å². The lowest BCUT2D eigenvalue weighted by Crippen LogP contribution is -2.11. The maximum atomic E-state index is 11.8. The fraction of sp³-hybridized carbons (Fsp3) is 0.364. The fourth-order valence-electron chi connectivity index (χ4n) is 1.20. The van der Waals surface area contributed by atoms with Crippen LogP contribution in [0.5, 0.6) is 0 Å². The van der Waals surface area contributed by atoms with Gasteiger partial charge in [-0.25, -0.2) is 0 Å². The summed E-state index contributed by atoms with van der Waals surface area (Å²) in [5.74, 6) is 0.197. The highest BCUT2D eigenvalue weighted by atomic mass is 16.4. The molecular formula is C11H13N3O2. The average molecular weight is 219 g/mol. The molecule has 0 atom stereocenters. The third-order valence-corrected chi connectivity index (χ3v) is 2.10. The van der Waals surface area contributed by atoms with E-state index < -0.39 is 0 Å². The predicted molar refractivity (Wildman–Crippen MR) is 57.2 cm³/mol. The van der Waals surface area contributed by atoms with E-state index in [1.165, 1.54) is 0 Å². The molecule has 2 aromatic heterocycles. The van der Waals surface area contributed by atoms with Crippen LogP contribution >= 0.6 is 0 Å². The van der Waals surface area contributed by atoms with Crippen molar-refractivity contribution in [2.24, 2.45) is 0 Å². The smallest absolute Gasteiger partial charge is 0.290 e. The lowest BCUT2D eigenvalue weighted by Gasteiger charge is -2.10. The molecule has 0 bridgehead atoms. The first-order valence-corrected chi connectivity index (χ1v) is 5.00. The summed E-state index contributed by atoms with van der Waals surface area (Å²) >= 11 is 0. The number of rotatable bonds is 2. The van der Waals surface area contributed by atoms with Gasteiger partial charge in [-0.05, 0) is 12.1 Å². The molecule has 1 N–H and O–H groups in total. The first-order chi connectivity index (χ1) is 7.48. The van der Waals surface area contributed by atoms with E-state index in [0.29, 0.717) is 11.6 Å². The summed E-state index contributed by atoms with van der Waals surface area (Å²) in [6.45, 7) is 5.84. The van der Waals surface area contributed by atoms with Gasteiger partial charge >= 0.3 is 0 Å². The highest BCUT2D eigenvalue weighted by Crippen LogP contribution is 2.20. The van der Waals surface area contributed by atoms with Gasteiger partial charge in [-0.3, -0.25) is 4.79 Å². The third kappa shape index (κ3) is 1.88. The lowest BCUT2D eigenvalue weighted by atomic mass is 9.97. The second-order valence-corrected chi connectivity index (χ2v) is 4.58. The molecule has 5 nitrogen and oxygen atoms in total. The molecule has 2 heterocycles. The van der Waals surface area contributed by atoms with Crippen LogP contribution < -0.4 is 0 Å². The molecule has 0 amide bonds. The zero-order valence-electron chi connectivity index (χ0n) is 9.44. The third-order valence-electron chi connectivity index (χ3n) is 2.10. The summed E-state index contributed by atoms with van der Waals surface area (Å²) in [6.07, 6.45) is 1.67. The van der Waals surface area contributed by atoms with Crippen LogP contribution in [0.25, 0.3) is 0 Å². The normalized spacial score (nSPS) is 11.7. The molecular weight excluding hydrogens is 206 g/mol. The van der Waals surface area contributed by atoms with Crippen LogP contribution in [0.2, 0.25) is 0 Å². The monoisotopic (exact) mass is 219 g/mol. The molecule has 0 aliphatic carbocycles. The van der Waals surface area contributed by atoms with Crippen LogP contribution in [0.4, 0.5) is 0 Å². The van der Waals surface area contributed by atoms with Crippen molar-refractivity contribution in [3.05, 3.63) is 35.8 Å². The van der Waals surface area contributed by atoms with Crippen molar-refractivity contribution in [1.29, 1.82) is 0 Å². The minimum atomic E-state index is -0.284. The Bertz CT molecular complexity index is 492. The van der Waals surface area contributed by atoms with E-state index >= 15 is 0 Å². The van der Waals surface area contributed by atoms with Crippen LogP contribution in [0.1, 0.15) is 43.0 Å². The van der Waals surface area contributed by atoms with E-state index in [2.05, 4.69) is 15.2 Å². The van der Waals surface area contributed by atoms with E-state index in [4.69, 9.17) is 4.42 Å². The van der Waals surface area contributed by atoms with Gasteiger partial charge in [0.15, 0.2) is 0 Å². The number of carbonyl (C=O) groups excluding carboxylic acids is 1. The van der Waals surface area contributed by atoms with E-state index in [1.54, 1.807) is 18.3 Å². The van der Waals surface area contributed by atoms with Crippen molar-refractivity contribution in [1.82, 2.24) is 15.2 Å². The predicted octanol–water partition coefficient (Wildman–Crippen LogP) is 1.93. The SMILES string of the molecule is CC(C)(C)c1nnc(C(=O)c2ccc[nH]2)o1. The minimum Gasteiger partial charge on any atom is -0.417 e. The summed E-state index contributed by atoms with van der Waals surface area (Å²) in [4.78, 5) is 14.6. The lowest BCUT2D eigenvalue weighted by molar-refractivity contribution is 0.0995. The fourth-order valence-corrected chi connectivity index (χ4v) is 1.20. The molecule has 0 unspecified atom stereocenters. The maximum absolute atomic E-state index is 11.8. The Labute approximate surface area is 92.9 Å². The second-order valence-electron chi connectivity index (χ2n) is 4.58. The first-order valence-electron chi connectivity index (χ1n) is 5.00. The number of aromatic nitrogens is 3. The number of ketones is 1. The molecule has 0 aromatic carbocycles. The Morgan fingerprint density at radius 1 is 1.38 bits per heavy atom. The van der Waals surface area contributed by atoms with Gasteiger partial charge in [0, 0.05) is 11.6 Å². The van der Waals surface area contributed by atoms with Crippen molar-refractivity contribution in [3.8, 4) is 0 Å². The summed E-state index contributed by atoms with van der Waals surface area (Å²) in [7, 11) is 0. The van der Waals surface area contributed by atoms with Gasteiger partial charge in [0.2, 0.25) is 5.89 Å². The molecule has 2 rings (SSSR count). The Kier molecular flexibility index (Phi) is 2.38. The molecule has 0 aliphatic rings. The molecule has 2 aromatic rings. The number of nitrogens with zero attached hydrogens (tertiary/aromatic N) is 2. The first kappa shape index (κ1) is 10.6. The van der Waals surface area contributed by atoms with Gasteiger partial charge < -0.3 is 9.40 Å². The minimum absolute atomic E-state index is 0.0207. The Balaban J connectivity index is 2.30. The van der Waals surface area contributed by atoms with Crippen LogP contribution in [-0.2, 0) is 5.41 Å². The zero-order valence-corrected chi connectivity index (χ0v) is 9.44. The molecule has 0 saturated heterocycles. The number of nitrogens with one attached hydrogen (secondary N) is 1. The molecule has 0 fully saturated rings. The molecule has 16 heavy (non-hydrogen) atoms. The topological polar surface area (TPSA) is 71.8 Å². The van der Waals surface area contributed by atoms with Gasteiger partial charge in [-0.2, -0.15) is 0 Å². The number of hydrogen-bond donors (Lipinski definition) is 1. The van der Waals surface area contributed by atoms with Crippen molar-refractivity contribution in [3.63, 3.8) is 0 Å². The van der Waals surface area contributed by atoms with Crippen LogP contribution in [0.15, 0.2) is 22.7 Å². The number of aromatic amines is 1. The van der Waals surface area contributed by atoms with E-state index in [-0.39, 0.29) is 17.1 Å². The van der Waals surface area contributed by atoms with Crippen LogP contribution in [0.3, 0.4) is 0 Å². The number of hydrogen-bond acceptors (Lipinski definition) is 4. The quantitative estimate of drug-likeness (QED) is 0.783. The summed E-state index contributed by atoms with van der Waals surface area (Å²) in [6, 6.07) is 3.41. The van der Waals surface area contributed by atoms with Gasteiger partial charge in [-0.1, -0.05) is 20.8 Å². The molecule has 0 aliphatic heterocycles. The summed E-state index contributed by atoms with van der Waals surface area (Å²) < 4.78 is 5.34. The molecule has 0 radical (unpaired) electrons. The van der Waals surface area contributed by atoms with Gasteiger partial charge in [0.25, 0.3) is 11.7 Å². The van der Waals surface area contributed by atoms with E-state index in [1.807, 2.05) is 20.8 Å². The zero-order chi connectivity index (χ0) is 11.8. The van der Waals surface area contributed by atoms with E-state index in [9.17, 15) is 4.79 Å². The summed E-state index contributed by atoms with van der Waals surface area (Å²) in [5, 5.41) is 7.62. The molecule has 0 saturated carbocycles. The summed E-state index contributed by atoms with van der Waals surface area (Å²) in [5.41, 5.74) is 0.200. The van der Waals surface area contributed by atoms with Crippen molar-refractivity contribution < 1.29 is 9.21 Å². The van der Waals surface area contributed by atoms with Crippen molar-refractivity contribution in [2.45, 2.75) is 26.2 Å². The van der Waals surface area contributed by atoms with Gasteiger partial charge in [0.1, 0.15) is 0 Å². The van der Waals surface area contributed by atoms with Crippen LogP contribution in [-0.4, -0.2) is 21.0 Å². The largest absolute Gasteiger partial charge is 0.417 e. The molecule has 84 valence electrons. The van der Waals surface area contributed by atoms with Gasteiger partial charge in [-0.15, -0.1) is 10.2 Å². The highest BCUT2D eigenvalue weighted by Gasteiger charge is 2.24. The highest BCUT2D eigenvalue weighted by molar-refractivity contribution is 6.04. The van der Waals surface area contributed by atoms with Crippen molar-refractivity contribution >= 4 is 5.78 Å². The van der Waals surface area contributed by atoms with Gasteiger partial charge in [0.05, 0.1) is 5.69 Å². The van der Waals surface area contributed by atoms with Crippen molar-refractivity contribution in [2.75, 3.05) is 0 Å². The standard InChI is InChI=1S/C11H13N3O2/c1-11(2,3)10-14-13-9(16-10)8(15)7-5-4-6-12-7/h4-6,12H,1-3H3. The second kappa shape index (κ2) is 3.59. The molecule has 5 heteroatoms. The Hall–Kier alpha value is -1.91. The Morgan fingerprint density at radius 3 is 2.62 bits per heavy atom.